The Kier molecular flexibility index (Phi) is 2.31. The van der Waals surface area contributed by atoms with Crippen LogP contribution in [-0.4, -0.2) is 7.11 Å². The molecule has 2 heterocycles. The lowest BCUT2D eigenvalue weighted by Gasteiger charge is -1.92. The van der Waals surface area contributed by atoms with Crippen LogP contribution >= 0.6 is 0 Å². The Morgan fingerprint density at radius 2 is 2.38 bits per heavy atom. The zero-order valence-electron chi connectivity index (χ0n) is 9.48. The Balaban J connectivity index is 1.83. The second-order valence-electron chi connectivity index (χ2n) is 4.50. The molecule has 0 radical (unpaired) electrons. The van der Waals surface area contributed by atoms with Gasteiger partial charge < -0.3 is 4.42 Å². The fourth-order valence-corrected chi connectivity index (χ4v) is 2.02. The molecule has 1 saturated carbocycles. The molecule has 1 aliphatic rings. The number of fused-ring (bicyclic) bond motifs is 1. The fraction of sp³-hybridized carbons (Fsp3) is 0.462. The molecule has 84 valence electrons. The van der Waals surface area contributed by atoms with Crippen LogP contribution in [-0.2, 0) is 6.42 Å². The molecule has 2 aromatic heterocycles. The molecule has 0 aromatic carbocycles. The Bertz CT molecular complexity index is 500. The number of hydrogen-bond donors (Lipinski definition) is 0. The van der Waals surface area contributed by atoms with Gasteiger partial charge in [0.2, 0.25) is 12.4 Å². The number of aromatic nitrogens is 1. The maximum atomic E-state index is 5.78. The molecule has 1 fully saturated rings. The van der Waals surface area contributed by atoms with Crippen molar-refractivity contribution in [2.45, 2.75) is 25.7 Å². The standard InChI is InChI=1S/C13H16NO2/c1-15-14-7-6-13-11(9-14)8-12(16-13)5-4-10-2-3-10/h6-10H,2-5H2,1H3/q+1. The van der Waals surface area contributed by atoms with Gasteiger partial charge in [-0.05, 0) is 18.4 Å². The molecule has 0 saturated heterocycles. The van der Waals surface area contributed by atoms with Crippen molar-refractivity contribution in [3.05, 3.63) is 30.3 Å². The van der Waals surface area contributed by atoms with Crippen molar-refractivity contribution in [3.63, 3.8) is 0 Å². The third-order valence-corrected chi connectivity index (χ3v) is 3.19. The van der Waals surface area contributed by atoms with Crippen molar-refractivity contribution in [2.75, 3.05) is 7.11 Å². The minimum Gasteiger partial charge on any atom is -0.461 e. The van der Waals surface area contributed by atoms with E-state index in [1.165, 1.54) is 19.3 Å². The SMILES string of the molecule is CO[n+]1ccc2oc(CCC3CC3)cc2c1. The average Bonchev–Trinajstić information content (AvgIpc) is 3.04. The zero-order valence-corrected chi connectivity index (χ0v) is 9.48. The minimum atomic E-state index is 0.944. The summed E-state index contributed by atoms with van der Waals surface area (Å²) in [5.41, 5.74) is 0.944. The summed E-state index contributed by atoms with van der Waals surface area (Å²) in [6, 6.07) is 4.06. The molecule has 0 N–H and O–H groups in total. The summed E-state index contributed by atoms with van der Waals surface area (Å²) >= 11 is 0. The van der Waals surface area contributed by atoms with Gasteiger partial charge in [-0.15, -0.1) is 0 Å². The molecular weight excluding hydrogens is 202 g/mol. The van der Waals surface area contributed by atoms with Crippen LogP contribution in [0.4, 0.5) is 0 Å². The lowest BCUT2D eigenvalue weighted by atomic mass is 10.2. The summed E-state index contributed by atoms with van der Waals surface area (Å²) < 4.78 is 7.46. The zero-order chi connectivity index (χ0) is 11.0. The third kappa shape index (κ3) is 1.90. The third-order valence-electron chi connectivity index (χ3n) is 3.19. The number of hydrogen-bond acceptors (Lipinski definition) is 2. The van der Waals surface area contributed by atoms with E-state index in [1.807, 2.05) is 18.5 Å². The van der Waals surface area contributed by atoms with Gasteiger partial charge in [0.25, 0.3) is 0 Å². The number of nitrogens with zero attached hydrogens (tertiary/aromatic N) is 1. The first-order chi connectivity index (χ1) is 7.85. The van der Waals surface area contributed by atoms with E-state index < -0.39 is 0 Å². The summed E-state index contributed by atoms with van der Waals surface area (Å²) in [4.78, 5) is 5.11. The van der Waals surface area contributed by atoms with Crippen LogP contribution in [0.25, 0.3) is 11.0 Å². The van der Waals surface area contributed by atoms with Gasteiger partial charge in [-0.3, -0.25) is 4.84 Å². The lowest BCUT2D eigenvalue weighted by molar-refractivity contribution is -0.884. The predicted molar refractivity (Wildman–Crippen MR) is 60.0 cm³/mol. The summed E-state index contributed by atoms with van der Waals surface area (Å²) in [7, 11) is 1.65. The number of rotatable bonds is 4. The highest BCUT2D eigenvalue weighted by Crippen LogP contribution is 2.34. The molecule has 0 spiro atoms. The van der Waals surface area contributed by atoms with E-state index in [0.717, 1.165) is 29.1 Å². The Morgan fingerprint density at radius 1 is 1.50 bits per heavy atom. The highest BCUT2D eigenvalue weighted by Gasteiger charge is 2.21. The van der Waals surface area contributed by atoms with Crippen molar-refractivity contribution in [1.82, 2.24) is 0 Å². The topological polar surface area (TPSA) is 26.2 Å². The van der Waals surface area contributed by atoms with E-state index in [4.69, 9.17) is 9.25 Å². The lowest BCUT2D eigenvalue weighted by Crippen LogP contribution is -2.39. The van der Waals surface area contributed by atoms with Gasteiger partial charge >= 0.3 is 0 Å². The molecule has 0 atom stereocenters. The van der Waals surface area contributed by atoms with E-state index in [0.29, 0.717) is 0 Å². The summed E-state index contributed by atoms with van der Waals surface area (Å²) in [5.74, 6) is 2.05. The van der Waals surface area contributed by atoms with Crippen LogP contribution in [0.5, 0.6) is 0 Å². The van der Waals surface area contributed by atoms with Crippen LogP contribution < -0.4 is 9.57 Å². The molecule has 0 unspecified atom stereocenters. The summed E-state index contributed by atoms with van der Waals surface area (Å²) in [5, 5.41) is 1.11. The highest BCUT2D eigenvalue weighted by atomic mass is 16.6. The minimum absolute atomic E-state index is 0.944. The highest BCUT2D eigenvalue weighted by molar-refractivity contribution is 5.75. The molecule has 3 nitrogen and oxygen atoms in total. The van der Waals surface area contributed by atoms with Crippen LogP contribution in [0, 0.1) is 5.92 Å². The van der Waals surface area contributed by atoms with Crippen LogP contribution in [0.1, 0.15) is 25.0 Å². The molecule has 0 bridgehead atoms. The van der Waals surface area contributed by atoms with Gasteiger partial charge in [0.1, 0.15) is 18.5 Å². The largest absolute Gasteiger partial charge is 0.461 e. The van der Waals surface area contributed by atoms with E-state index in [9.17, 15) is 0 Å². The molecule has 3 heteroatoms. The van der Waals surface area contributed by atoms with Crippen molar-refractivity contribution >= 4 is 11.0 Å². The molecule has 2 aromatic rings. The van der Waals surface area contributed by atoms with Gasteiger partial charge in [-0.2, -0.15) is 0 Å². The molecule has 3 rings (SSSR count). The molecule has 0 aliphatic heterocycles. The van der Waals surface area contributed by atoms with E-state index >= 15 is 0 Å². The van der Waals surface area contributed by atoms with Crippen molar-refractivity contribution in [1.29, 1.82) is 0 Å². The molecule has 16 heavy (non-hydrogen) atoms. The van der Waals surface area contributed by atoms with E-state index in [-0.39, 0.29) is 0 Å². The maximum absolute atomic E-state index is 5.78. The maximum Gasteiger partial charge on any atom is 0.233 e. The number of pyridine rings is 1. The van der Waals surface area contributed by atoms with Gasteiger partial charge in [0.15, 0.2) is 0 Å². The smallest absolute Gasteiger partial charge is 0.233 e. The van der Waals surface area contributed by atoms with Gasteiger partial charge in [-0.25, -0.2) is 0 Å². The summed E-state index contributed by atoms with van der Waals surface area (Å²) in [6.07, 6.45) is 8.94. The monoisotopic (exact) mass is 218 g/mol. The quantitative estimate of drug-likeness (QED) is 0.735. The summed E-state index contributed by atoms with van der Waals surface area (Å²) in [6.45, 7) is 0. The normalized spacial score (nSPS) is 15.6. The van der Waals surface area contributed by atoms with Crippen molar-refractivity contribution in [2.24, 2.45) is 5.92 Å². The Labute approximate surface area is 94.6 Å². The second kappa shape index (κ2) is 3.81. The molecular formula is C13H16NO2+. The number of furan rings is 1. The first kappa shape index (κ1) is 9.70. The fourth-order valence-electron chi connectivity index (χ4n) is 2.02. The number of aryl methyl sites for hydroxylation is 1. The van der Waals surface area contributed by atoms with Gasteiger partial charge in [-0.1, -0.05) is 12.8 Å². The Morgan fingerprint density at radius 3 is 3.12 bits per heavy atom. The van der Waals surface area contributed by atoms with Crippen LogP contribution in [0.3, 0.4) is 0 Å². The Hall–Kier alpha value is -1.51. The van der Waals surface area contributed by atoms with Gasteiger partial charge in [0.05, 0.1) is 11.5 Å². The van der Waals surface area contributed by atoms with Crippen molar-refractivity contribution < 1.29 is 14.0 Å². The molecule has 1 aliphatic carbocycles. The van der Waals surface area contributed by atoms with E-state index in [1.54, 1.807) is 11.8 Å². The first-order valence-corrected chi connectivity index (χ1v) is 5.83. The van der Waals surface area contributed by atoms with E-state index in [2.05, 4.69) is 6.07 Å². The van der Waals surface area contributed by atoms with Crippen molar-refractivity contribution in [3.8, 4) is 0 Å². The van der Waals surface area contributed by atoms with Crippen LogP contribution in [0.15, 0.2) is 28.9 Å². The molecule has 0 amide bonds. The van der Waals surface area contributed by atoms with Crippen LogP contribution in [0.2, 0.25) is 0 Å². The predicted octanol–water partition coefficient (Wildman–Crippen LogP) is 2.12. The first-order valence-electron chi connectivity index (χ1n) is 5.83. The average molecular weight is 218 g/mol. The second-order valence-corrected chi connectivity index (χ2v) is 4.50. The van der Waals surface area contributed by atoms with Gasteiger partial charge in [0, 0.05) is 11.2 Å².